The highest BCUT2D eigenvalue weighted by Crippen LogP contribution is 2.18. The third-order valence-electron chi connectivity index (χ3n) is 3.59. The monoisotopic (exact) mass is 355 g/mol. The number of esters is 1. The lowest BCUT2D eigenvalue weighted by molar-refractivity contribution is -0.146. The quantitative estimate of drug-likeness (QED) is 0.447. The van der Waals surface area contributed by atoms with Gasteiger partial charge in [-0.3, -0.25) is 9.59 Å². The molecule has 0 aliphatic heterocycles. The summed E-state index contributed by atoms with van der Waals surface area (Å²) < 4.78 is 10.6. The van der Waals surface area contributed by atoms with Crippen LogP contribution in [-0.4, -0.2) is 36.9 Å². The summed E-state index contributed by atoms with van der Waals surface area (Å²) in [6, 6.07) is 14.7. The molecule has 0 spiro atoms. The molecule has 1 amide bonds. The van der Waals surface area contributed by atoms with Gasteiger partial charge in [0, 0.05) is 5.56 Å². The predicted octanol–water partition coefficient (Wildman–Crippen LogP) is 2.63. The van der Waals surface area contributed by atoms with Crippen LogP contribution < -0.4 is 10.1 Å². The number of carbonyl (C=O) groups is 3. The highest BCUT2D eigenvalue weighted by atomic mass is 16.6. The summed E-state index contributed by atoms with van der Waals surface area (Å²) in [5.74, 6) is -0.560. The van der Waals surface area contributed by atoms with E-state index in [0.29, 0.717) is 16.9 Å². The molecule has 0 radical (unpaired) electrons. The van der Waals surface area contributed by atoms with E-state index in [1.54, 1.807) is 61.5 Å². The first-order valence-corrected chi connectivity index (χ1v) is 8.24. The van der Waals surface area contributed by atoms with Gasteiger partial charge in [0.15, 0.2) is 5.78 Å². The zero-order valence-electron chi connectivity index (χ0n) is 14.7. The second-order valence-corrected chi connectivity index (χ2v) is 5.63. The van der Waals surface area contributed by atoms with Crippen LogP contribution in [0, 0.1) is 0 Å². The van der Waals surface area contributed by atoms with Gasteiger partial charge in [-0.2, -0.15) is 0 Å². The average molecular weight is 355 g/mol. The summed E-state index contributed by atoms with van der Waals surface area (Å²) in [5, 5.41) is 2.58. The molecule has 2 aromatic rings. The van der Waals surface area contributed by atoms with Crippen molar-refractivity contribution in [3.05, 3.63) is 65.7 Å². The van der Waals surface area contributed by atoms with Gasteiger partial charge < -0.3 is 14.8 Å². The topological polar surface area (TPSA) is 81.7 Å². The van der Waals surface area contributed by atoms with E-state index in [-0.39, 0.29) is 24.9 Å². The fourth-order valence-corrected chi connectivity index (χ4v) is 2.23. The van der Waals surface area contributed by atoms with Crippen molar-refractivity contribution in [2.75, 3.05) is 13.2 Å². The summed E-state index contributed by atoms with van der Waals surface area (Å²) in [4.78, 5) is 35.5. The molecule has 2 rings (SSSR count). The number of hydrogen-bond donors (Lipinski definition) is 1. The van der Waals surface area contributed by atoms with Crippen LogP contribution in [0.2, 0.25) is 0 Å². The first kappa shape index (κ1) is 19.2. The van der Waals surface area contributed by atoms with E-state index in [1.807, 2.05) is 0 Å². The van der Waals surface area contributed by atoms with Crippen molar-refractivity contribution in [2.24, 2.45) is 0 Å². The number of ether oxygens (including phenoxy) is 2. The Morgan fingerprint density at radius 3 is 2.31 bits per heavy atom. The maximum Gasteiger partial charge on any atom is 0.328 e. The van der Waals surface area contributed by atoms with Crippen LogP contribution in [0.4, 0.5) is 0 Å². The van der Waals surface area contributed by atoms with E-state index in [0.717, 1.165) is 0 Å². The van der Waals surface area contributed by atoms with Gasteiger partial charge in [-0.1, -0.05) is 30.3 Å². The number of ketones is 1. The Bertz CT molecular complexity index is 773. The molecule has 0 aliphatic rings. The number of benzene rings is 2. The van der Waals surface area contributed by atoms with Crippen molar-refractivity contribution in [3.8, 4) is 5.75 Å². The molecule has 2 aromatic carbocycles. The van der Waals surface area contributed by atoms with Crippen LogP contribution in [0.3, 0.4) is 0 Å². The molecule has 0 aliphatic carbocycles. The van der Waals surface area contributed by atoms with Crippen molar-refractivity contribution in [3.63, 3.8) is 0 Å². The summed E-state index contributed by atoms with van der Waals surface area (Å²) >= 11 is 0. The second kappa shape index (κ2) is 9.36. The van der Waals surface area contributed by atoms with Crippen LogP contribution in [0.5, 0.6) is 5.75 Å². The molecular weight excluding hydrogens is 334 g/mol. The fraction of sp³-hybridized carbons (Fsp3) is 0.250. The van der Waals surface area contributed by atoms with Crippen molar-refractivity contribution in [1.29, 1.82) is 0 Å². The van der Waals surface area contributed by atoms with Gasteiger partial charge in [-0.25, -0.2) is 4.79 Å². The van der Waals surface area contributed by atoms with E-state index in [4.69, 9.17) is 9.47 Å². The zero-order valence-corrected chi connectivity index (χ0v) is 14.7. The predicted molar refractivity (Wildman–Crippen MR) is 96.3 cm³/mol. The third kappa shape index (κ3) is 5.44. The van der Waals surface area contributed by atoms with Crippen LogP contribution in [-0.2, 0) is 9.53 Å². The Labute approximate surface area is 152 Å². The molecule has 1 atom stereocenters. The van der Waals surface area contributed by atoms with E-state index in [1.165, 1.54) is 6.92 Å². The zero-order chi connectivity index (χ0) is 18.9. The van der Waals surface area contributed by atoms with Gasteiger partial charge in [0.2, 0.25) is 0 Å². The van der Waals surface area contributed by atoms with E-state index < -0.39 is 12.0 Å². The van der Waals surface area contributed by atoms with Crippen LogP contribution in [0.25, 0.3) is 0 Å². The number of carbonyl (C=O) groups excluding carboxylic acids is 3. The number of hydrogen-bond acceptors (Lipinski definition) is 5. The van der Waals surface area contributed by atoms with Crippen LogP contribution in [0.1, 0.15) is 34.6 Å². The molecule has 0 saturated heterocycles. The van der Waals surface area contributed by atoms with Crippen molar-refractivity contribution in [1.82, 2.24) is 5.32 Å². The lowest BCUT2D eigenvalue weighted by Crippen LogP contribution is -2.39. The van der Waals surface area contributed by atoms with Gasteiger partial charge in [0.25, 0.3) is 5.91 Å². The van der Waals surface area contributed by atoms with Gasteiger partial charge in [0.1, 0.15) is 25.0 Å². The largest absolute Gasteiger partial charge is 0.489 e. The molecule has 0 saturated carbocycles. The molecule has 6 heteroatoms. The first-order valence-electron chi connectivity index (χ1n) is 8.24. The first-order chi connectivity index (χ1) is 12.5. The van der Waals surface area contributed by atoms with Crippen molar-refractivity contribution >= 4 is 17.7 Å². The van der Waals surface area contributed by atoms with Crippen molar-refractivity contribution < 1.29 is 23.9 Å². The fourth-order valence-electron chi connectivity index (χ4n) is 2.23. The molecule has 0 bridgehead atoms. The van der Waals surface area contributed by atoms with Crippen LogP contribution in [0.15, 0.2) is 54.6 Å². The lowest BCUT2D eigenvalue weighted by atomic mass is 10.1. The summed E-state index contributed by atoms with van der Waals surface area (Å²) in [7, 11) is 0. The van der Waals surface area contributed by atoms with E-state index >= 15 is 0 Å². The minimum Gasteiger partial charge on any atom is -0.489 e. The van der Waals surface area contributed by atoms with Gasteiger partial charge >= 0.3 is 5.97 Å². The minimum absolute atomic E-state index is 0.0105. The highest BCUT2D eigenvalue weighted by Gasteiger charge is 2.18. The highest BCUT2D eigenvalue weighted by molar-refractivity contribution is 5.97. The van der Waals surface area contributed by atoms with Crippen molar-refractivity contribution in [2.45, 2.75) is 19.9 Å². The Balaban J connectivity index is 1.76. The number of nitrogens with one attached hydrogen (secondary N) is 1. The Morgan fingerprint density at radius 1 is 0.962 bits per heavy atom. The van der Waals surface area contributed by atoms with E-state index in [2.05, 4.69) is 5.32 Å². The molecule has 26 heavy (non-hydrogen) atoms. The molecule has 0 unspecified atom stereocenters. The molecule has 0 heterocycles. The smallest absolute Gasteiger partial charge is 0.328 e. The van der Waals surface area contributed by atoms with Gasteiger partial charge in [0.05, 0.1) is 5.56 Å². The molecule has 6 nitrogen and oxygen atoms in total. The maximum absolute atomic E-state index is 12.0. The van der Waals surface area contributed by atoms with Gasteiger partial charge in [-0.05, 0) is 38.1 Å². The van der Waals surface area contributed by atoms with E-state index in [9.17, 15) is 14.4 Å². The average Bonchev–Trinajstić information content (AvgIpc) is 2.65. The summed E-state index contributed by atoms with van der Waals surface area (Å²) in [5.41, 5.74) is 0.943. The lowest BCUT2D eigenvalue weighted by Gasteiger charge is -2.14. The molecule has 0 fully saturated rings. The van der Waals surface area contributed by atoms with Crippen LogP contribution >= 0.6 is 0 Å². The maximum atomic E-state index is 12.0. The third-order valence-corrected chi connectivity index (χ3v) is 3.59. The second-order valence-electron chi connectivity index (χ2n) is 5.63. The number of para-hydroxylation sites is 1. The Hall–Kier alpha value is -3.15. The molecule has 136 valence electrons. The minimum atomic E-state index is -0.785. The molecular formula is C20H21NO5. The molecule has 1 N–H and O–H groups in total. The summed E-state index contributed by atoms with van der Waals surface area (Å²) in [6.07, 6.45) is 0. The van der Waals surface area contributed by atoms with Gasteiger partial charge in [-0.15, -0.1) is 0 Å². The standard InChI is InChI=1S/C20H21NO5/c1-14(21-19(23)16-8-4-3-5-9-16)20(24)26-13-12-25-18-11-7-6-10-17(18)15(2)22/h3-11,14H,12-13H2,1-2H3,(H,21,23)/t14-/m1/s1. The Morgan fingerprint density at radius 2 is 1.62 bits per heavy atom. The normalized spacial score (nSPS) is 11.3. The number of rotatable bonds is 8. The number of amides is 1. The summed E-state index contributed by atoms with van der Waals surface area (Å²) in [6.45, 7) is 3.13. The number of Topliss-reactive ketones (excluding diaryl/α,β-unsaturated/α-hetero) is 1. The SMILES string of the molecule is CC(=O)c1ccccc1OCCOC(=O)[C@@H](C)NC(=O)c1ccccc1. The Kier molecular flexibility index (Phi) is 6.91. The molecule has 0 aromatic heterocycles.